The highest BCUT2D eigenvalue weighted by molar-refractivity contribution is 7.89. The van der Waals surface area contributed by atoms with E-state index in [9.17, 15) is 17.6 Å². The average molecular weight is 400 g/mol. The Balaban J connectivity index is 1.58. The van der Waals surface area contributed by atoms with Crippen LogP contribution < -0.4 is 5.32 Å². The van der Waals surface area contributed by atoms with Crippen LogP contribution in [0.4, 0.5) is 10.2 Å². The number of sulfonamides is 1. The van der Waals surface area contributed by atoms with Gasteiger partial charge in [-0.05, 0) is 30.3 Å². The number of halogens is 1. The Hall–Kier alpha value is -3.04. The lowest BCUT2D eigenvalue weighted by atomic mass is 10.1. The fourth-order valence-electron chi connectivity index (χ4n) is 3.13. The van der Waals surface area contributed by atoms with Gasteiger partial charge < -0.3 is 5.32 Å². The standard InChI is InChI=1S/C19H17FN4O3S/c20-14-6-4-5-13(11-14)19(25)21-18-16-12-24(10-9-17(16)22-23-18)28(26,27)15-7-2-1-3-8-15/h1-8,11H,9-10,12H2,(H2,21,22,23,25). The molecule has 1 amide bonds. The molecule has 2 aromatic carbocycles. The van der Waals surface area contributed by atoms with Crippen molar-refractivity contribution < 1.29 is 17.6 Å². The van der Waals surface area contributed by atoms with Crippen LogP contribution in [-0.2, 0) is 23.0 Å². The zero-order valence-electron chi connectivity index (χ0n) is 14.7. The number of aromatic amines is 1. The predicted octanol–water partition coefficient (Wildman–Crippen LogP) is 2.55. The molecule has 0 fully saturated rings. The Labute approximate surface area is 161 Å². The average Bonchev–Trinajstić information content (AvgIpc) is 3.10. The molecule has 2 N–H and O–H groups in total. The maximum Gasteiger partial charge on any atom is 0.256 e. The van der Waals surface area contributed by atoms with Gasteiger partial charge in [0, 0.05) is 30.6 Å². The van der Waals surface area contributed by atoms with E-state index in [1.165, 1.54) is 22.5 Å². The number of fused-ring (bicyclic) bond motifs is 1. The Morgan fingerprint density at radius 3 is 2.68 bits per heavy atom. The van der Waals surface area contributed by atoms with Gasteiger partial charge in [0.15, 0.2) is 0 Å². The van der Waals surface area contributed by atoms with E-state index in [2.05, 4.69) is 15.5 Å². The second-order valence-electron chi connectivity index (χ2n) is 6.39. The Morgan fingerprint density at radius 1 is 1.14 bits per heavy atom. The molecule has 0 radical (unpaired) electrons. The maximum atomic E-state index is 13.3. The van der Waals surface area contributed by atoms with Crippen molar-refractivity contribution in [3.8, 4) is 0 Å². The van der Waals surface area contributed by atoms with Gasteiger partial charge in [-0.1, -0.05) is 24.3 Å². The minimum absolute atomic E-state index is 0.0851. The van der Waals surface area contributed by atoms with Gasteiger partial charge in [0.25, 0.3) is 5.91 Å². The summed E-state index contributed by atoms with van der Waals surface area (Å²) in [4.78, 5) is 12.6. The number of nitrogens with zero attached hydrogens (tertiary/aromatic N) is 2. The molecular formula is C19H17FN4O3S. The molecule has 0 atom stereocenters. The molecule has 2 heterocycles. The third-order valence-corrected chi connectivity index (χ3v) is 6.45. The van der Waals surface area contributed by atoms with E-state index in [-0.39, 0.29) is 17.0 Å². The SMILES string of the molecule is O=C(Nc1[nH]nc2c1CN(S(=O)(=O)c1ccccc1)CC2)c1cccc(F)c1. The highest BCUT2D eigenvalue weighted by Gasteiger charge is 2.31. The van der Waals surface area contributed by atoms with Crippen LogP contribution >= 0.6 is 0 Å². The number of carbonyl (C=O) groups excluding carboxylic acids is 1. The molecule has 0 bridgehead atoms. The van der Waals surface area contributed by atoms with Gasteiger partial charge in [0.1, 0.15) is 11.6 Å². The van der Waals surface area contributed by atoms with E-state index in [0.29, 0.717) is 30.0 Å². The molecule has 0 saturated heterocycles. The number of benzene rings is 2. The van der Waals surface area contributed by atoms with E-state index >= 15 is 0 Å². The van der Waals surface area contributed by atoms with E-state index in [1.807, 2.05) is 0 Å². The van der Waals surface area contributed by atoms with Crippen molar-refractivity contribution in [1.82, 2.24) is 14.5 Å². The van der Waals surface area contributed by atoms with Gasteiger partial charge in [-0.2, -0.15) is 9.40 Å². The smallest absolute Gasteiger partial charge is 0.256 e. The molecule has 1 aliphatic rings. The summed E-state index contributed by atoms with van der Waals surface area (Å²) in [5.74, 6) is -0.703. The fourth-order valence-corrected chi connectivity index (χ4v) is 4.56. The predicted molar refractivity (Wildman–Crippen MR) is 101 cm³/mol. The number of aromatic nitrogens is 2. The van der Waals surface area contributed by atoms with Gasteiger partial charge in [-0.15, -0.1) is 0 Å². The molecule has 0 spiro atoms. The van der Waals surface area contributed by atoms with Crippen molar-refractivity contribution in [3.63, 3.8) is 0 Å². The van der Waals surface area contributed by atoms with Gasteiger partial charge in [-0.25, -0.2) is 12.8 Å². The Morgan fingerprint density at radius 2 is 1.93 bits per heavy atom. The van der Waals surface area contributed by atoms with Crippen LogP contribution in [0.1, 0.15) is 21.6 Å². The highest BCUT2D eigenvalue weighted by Crippen LogP contribution is 2.28. The van der Waals surface area contributed by atoms with Gasteiger partial charge >= 0.3 is 0 Å². The number of hydrogen-bond donors (Lipinski definition) is 2. The minimum Gasteiger partial charge on any atom is -0.307 e. The second kappa shape index (κ2) is 7.17. The molecule has 0 unspecified atom stereocenters. The molecule has 3 aromatic rings. The number of carbonyl (C=O) groups is 1. The van der Waals surface area contributed by atoms with Crippen LogP contribution in [0.15, 0.2) is 59.5 Å². The Kier molecular flexibility index (Phi) is 4.70. The summed E-state index contributed by atoms with van der Waals surface area (Å²) in [6.07, 6.45) is 0.424. The largest absolute Gasteiger partial charge is 0.307 e. The molecule has 1 aromatic heterocycles. The van der Waals surface area contributed by atoms with Crippen molar-refractivity contribution in [3.05, 3.63) is 77.2 Å². The first kappa shape index (κ1) is 18.3. The van der Waals surface area contributed by atoms with Gasteiger partial charge in [0.2, 0.25) is 10.0 Å². The molecule has 1 aliphatic heterocycles. The quantitative estimate of drug-likeness (QED) is 0.704. The third-order valence-electron chi connectivity index (χ3n) is 4.59. The lowest BCUT2D eigenvalue weighted by Crippen LogP contribution is -2.36. The van der Waals surface area contributed by atoms with Crippen molar-refractivity contribution in [2.45, 2.75) is 17.9 Å². The summed E-state index contributed by atoms with van der Waals surface area (Å²) in [6, 6.07) is 13.5. The number of nitrogens with one attached hydrogen (secondary N) is 2. The van der Waals surface area contributed by atoms with Crippen molar-refractivity contribution in [2.75, 3.05) is 11.9 Å². The molecule has 28 heavy (non-hydrogen) atoms. The normalized spacial score (nSPS) is 14.5. The molecule has 0 saturated carbocycles. The lowest BCUT2D eigenvalue weighted by molar-refractivity contribution is 0.102. The second-order valence-corrected chi connectivity index (χ2v) is 8.33. The van der Waals surface area contributed by atoms with Crippen LogP contribution in [0, 0.1) is 5.82 Å². The summed E-state index contributed by atoms with van der Waals surface area (Å²) >= 11 is 0. The summed E-state index contributed by atoms with van der Waals surface area (Å²) in [6.45, 7) is 0.383. The first-order valence-corrected chi connectivity index (χ1v) is 10.1. The minimum atomic E-state index is -3.66. The third kappa shape index (κ3) is 3.41. The van der Waals surface area contributed by atoms with Crippen molar-refractivity contribution in [1.29, 1.82) is 0 Å². The van der Waals surface area contributed by atoms with Crippen LogP contribution in [0.5, 0.6) is 0 Å². The van der Waals surface area contributed by atoms with Crippen LogP contribution in [-0.4, -0.2) is 35.4 Å². The molecule has 144 valence electrons. The van der Waals surface area contributed by atoms with Gasteiger partial charge in [-0.3, -0.25) is 9.89 Å². The van der Waals surface area contributed by atoms with E-state index < -0.39 is 21.7 Å². The van der Waals surface area contributed by atoms with E-state index in [0.717, 1.165) is 6.07 Å². The van der Waals surface area contributed by atoms with E-state index in [4.69, 9.17) is 0 Å². The zero-order valence-corrected chi connectivity index (χ0v) is 15.5. The molecule has 4 rings (SSSR count). The zero-order chi connectivity index (χ0) is 19.7. The number of rotatable bonds is 4. The van der Waals surface area contributed by atoms with Crippen LogP contribution in [0.2, 0.25) is 0 Å². The summed E-state index contributed by atoms with van der Waals surface area (Å²) < 4.78 is 40.5. The number of H-pyrrole nitrogens is 1. The topological polar surface area (TPSA) is 95.2 Å². The molecular weight excluding hydrogens is 383 g/mol. The number of amides is 1. The maximum absolute atomic E-state index is 13.3. The number of hydrogen-bond acceptors (Lipinski definition) is 4. The molecule has 0 aliphatic carbocycles. The molecule has 9 heteroatoms. The summed E-state index contributed by atoms with van der Waals surface area (Å²) in [7, 11) is -3.66. The van der Waals surface area contributed by atoms with Crippen LogP contribution in [0.3, 0.4) is 0 Å². The van der Waals surface area contributed by atoms with Gasteiger partial charge in [0.05, 0.1) is 10.6 Å². The fraction of sp³-hybridized carbons (Fsp3) is 0.158. The first-order valence-electron chi connectivity index (χ1n) is 8.63. The van der Waals surface area contributed by atoms with Crippen molar-refractivity contribution >= 4 is 21.7 Å². The molecule has 7 nitrogen and oxygen atoms in total. The number of anilines is 1. The first-order chi connectivity index (χ1) is 13.4. The summed E-state index contributed by atoms with van der Waals surface area (Å²) in [5, 5.41) is 9.58. The van der Waals surface area contributed by atoms with Crippen LogP contribution in [0.25, 0.3) is 0 Å². The monoisotopic (exact) mass is 400 g/mol. The van der Waals surface area contributed by atoms with Crippen molar-refractivity contribution in [2.24, 2.45) is 0 Å². The van der Waals surface area contributed by atoms with E-state index in [1.54, 1.807) is 30.3 Å². The Bertz CT molecular complexity index is 1130. The highest BCUT2D eigenvalue weighted by atomic mass is 32.2. The lowest BCUT2D eigenvalue weighted by Gasteiger charge is -2.26. The summed E-state index contributed by atoms with van der Waals surface area (Å²) in [5.41, 5.74) is 1.47.